The van der Waals surface area contributed by atoms with Crippen molar-refractivity contribution >= 4 is 29.1 Å². The number of amides is 1. The van der Waals surface area contributed by atoms with Crippen LogP contribution < -0.4 is 0 Å². The molecule has 7 nitrogen and oxygen atoms in total. The van der Waals surface area contributed by atoms with Crippen molar-refractivity contribution in [2.45, 2.75) is 50.6 Å². The van der Waals surface area contributed by atoms with Crippen molar-refractivity contribution in [2.75, 3.05) is 33.2 Å². The Bertz CT molecular complexity index is 776. The molecular formula is C21H28Cl2N4O3. The second-order valence-corrected chi connectivity index (χ2v) is 9.44. The summed E-state index contributed by atoms with van der Waals surface area (Å²) in [6.45, 7) is 2.13. The Kier molecular flexibility index (Phi) is 7.82. The highest BCUT2D eigenvalue weighted by atomic mass is 35.5. The molecule has 2 atom stereocenters. The van der Waals surface area contributed by atoms with Gasteiger partial charge >= 0.3 is 0 Å². The van der Waals surface area contributed by atoms with E-state index in [4.69, 9.17) is 23.2 Å². The van der Waals surface area contributed by atoms with Crippen molar-refractivity contribution in [3.05, 3.63) is 43.6 Å². The average molecular weight is 455 g/mol. The number of rotatable bonds is 8. The highest BCUT2D eigenvalue weighted by Crippen LogP contribution is 2.41. The summed E-state index contributed by atoms with van der Waals surface area (Å²) in [6, 6.07) is 5.31. The lowest BCUT2D eigenvalue weighted by Crippen LogP contribution is -2.57. The standard InChI is InChI=1S/C21H28Cl2N4O3/c1-26(20(28)11-15-4-5-16(22)17(23)10-15)19-12-21(13-24-29,14-25-30)7-6-18(19)27-8-2-3-9-27/h4-5,10,18-19H,2-3,6-9,11-14H2,1H3/t18-,19-/m1/s1. The molecule has 1 aliphatic heterocycles. The minimum atomic E-state index is -0.567. The third kappa shape index (κ3) is 5.18. The van der Waals surface area contributed by atoms with Crippen LogP contribution in [-0.4, -0.2) is 61.0 Å². The lowest BCUT2D eigenvalue weighted by Gasteiger charge is -2.48. The smallest absolute Gasteiger partial charge is 0.227 e. The second kappa shape index (κ2) is 10.2. The van der Waals surface area contributed by atoms with Crippen molar-refractivity contribution in [3.8, 4) is 0 Å². The molecule has 0 aromatic heterocycles. The van der Waals surface area contributed by atoms with Gasteiger partial charge in [0.15, 0.2) is 0 Å². The van der Waals surface area contributed by atoms with Gasteiger partial charge < -0.3 is 4.90 Å². The molecule has 2 aliphatic rings. The molecule has 1 aromatic carbocycles. The lowest BCUT2D eigenvalue weighted by molar-refractivity contribution is -0.134. The normalized spacial score (nSPS) is 23.8. The van der Waals surface area contributed by atoms with E-state index in [1.54, 1.807) is 23.1 Å². The predicted molar refractivity (Wildman–Crippen MR) is 119 cm³/mol. The van der Waals surface area contributed by atoms with E-state index in [1.807, 2.05) is 7.05 Å². The maximum Gasteiger partial charge on any atom is 0.227 e. The zero-order valence-electron chi connectivity index (χ0n) is 17.2. The van der Waals surface area contributed by atoms with Gasteiger partial charge in [-0.3, -0.25) is 9.69 Å². The van der Waals surface area contributed by atoms with E-state index in [1.165, 1.54) is 0 Å². The molecule has 1 aromatic rings. The van der Waals surface area contributed by atoms with Gasteiger partial charge in [-0.2, -0.15) is 9.81 Å². The third-order valence-corrected chi connectivity index (χ3v) is 7.44. The maximum atomic E-state index is 13.2. The zero-order valence-corrected chi connectivity index (χ0v) is 18.7. The molecule has 30 heavy (non-hydrogen) atoms. The first-order chi connectivity index (χ1) is 14.4. The van der Waals surface area contributed by atoms with E-state index < -0.39 is 5.41 Å². The molecule has 9 heteroatoms. The van der Waals surface area contributed by atoms with Gasteiger partial charge in [0, 0.05) is 24.5 Å². The zero-order chi connectivity index (χ0) is 21.7. The highest BCUT2D eigenvalue weighted by molar-refractivity contribution is 6.42. The van der Waals surface area contributed by atoms with E-state index in [-0.39, 0.29) is 37.5 Å². The number of carbonyl (C=O) groups is 1. The van der Waals surface area contributed by atoms with Crippen LogP contribution in [0, 0.1) is 15.2 Å². The van der Waals surface area contributed by atoms with Crippen molar-refractivity contribution in [3.63, 3.8) is 0 Å². The van der Waals surface area contributed by atoms with Crippen molar-refractivity contribution in [2.24, 2.45) is 15.8 Å². The Morgan fingerprint density at radius 3 is 2.43 bits per heavy atom. The first-order valence-electron chi connectivity index (χ1n) is 10.4. The van der Waals surface area contributed by atoms with Crippen LogP contribution in [0.25, 0.3) is 0 Å². The summed E-state index contributed by atoms with van der Waals surface area (Å²) in [6.07, 6.45) is 4.61. The predicted octanol–water partition coefficient (Wildman–Crippen LogP) is 4.53. The number of halogens is 2. The number of likely N-dealkylation sites (tertiary alicyclic amines) is 1. The summed E-state index contributed by atoms with van der Waals surface area (Å²) in [5.74, 6) is -0.0310. The summed E-state index contributed by atoms with van der Waals surface area (Å²) in [5.41, 5.74) is 0.229. The topological polar surface area (TPSA) is 82.4 Å². The SMILES string of the molecule is CN(C(=O)Cc1ccc(Cl)c(Cl)c1)[C@@H]1CC(CN=O)(CN=O)CC[C@H]1N1CCCC1. The van der Waals surface area contributed by atoms with E-state index in [0.717, 1.165) is 44.3 Å². The fourth-order valence-corrected chi connectivity index (χ4v) is 5.29. The Balaban J connectivity index is 1.81. The summed E-state index contributed by atoms with van der Waals surface area (Å²) in [4.78, 5) is 39.6. The molecule has 1 amide bonds. The number of nitrogens with zero attached hydrogens (tertiary/aromatic N) is 4. The quantitative estimate of drug-likeness (QED) is 0.540. The van der Waals surface area contributed by atoms with E-state index in [0.29, 0.717) is 16.5 Å². The lowest BCUT2D eigenvalue weighted by atomic mass is 9.69. The van der Waals surface area contributed by atoms with Crippen LogP contribution in [-0.2, 0) is 11.2 Å². The molecule has 1 saturated carbocycles. The molecule has 3 rings (SSSR count). The second-order valence-electron chi connectivity index (χ2n) is 8.62. The number of carbonyl (C=O) groups excluding carboxylic acids is 1. The van der Waals surface area contributed by atoms with Gasteiger partial charge in [0.2, 0.25) is 5.91 Å². The minimum Gasteiger partial charge on any atom is -0.341 e. The molecule has 1 saturated heterocycles. The van der Waals surface area contributed by atoms with E-state index in [9.17, 15) is 14.6 Å². The Morgan fingerprint density at radius 1 is 1.17 bits per heavy atom. The number of likely N-dealkylation sites (N-methyl/N-ethyl adjacent to an activating group) is 1. The van der Waals surface area contributed by atoms with Crippen LogP contribution in [0.5, 0.6) is 0 Å². The van der Waals surface area contributed by atoms with Crippen molar-refractivity contribution in [1.29, 1.82) is 0 Å². The third-order valence-electron chi connectivity index (χ3n) is 6.70. The monoisotopic (exact) mass is 454 g/mol. The van der Waals surface area contributed by atoms with Crippen LogP contribution in [0.3, 0.4) is 0 Å². The fourth-order valence-electron chi connectivity index (χ4n) is 4.97. The largest absolute Gasteiger partial charge is 0.341 e. The summed E-state index contributed by atoms with van der Waals surface area (Å²) in [5, 5.41) is 7.08. The molecule has 164 valence electrons. The first-order valence-corrected chi connectivity index (χ1v) is 11.2. The Hall–Kier alpha value is -1.57. The molecule has 0 spiro atoms. The van der Waals surface area contributed by atoms with Gasteiger partial charge in [0.25, 0.3) is 0 Å². The highest BCUT2D eigenvalue weighted by Gasteiger charge is 2.46. The number of hydrogen-bond donors (Lipinski definition) is 0. The molecular weight excluding hydrogens is 427 g/mol. The molecule has 0 N–H and O–H groups in total. The minimum absolute atomic E-state index is 0.0310. The molecule has 0 radical (unpaired) electrons. The summed E-state index contributed by atoms with van der Waals surface area (Å²) >= 11 is 12.1. The summed E-state index contributed by atoms with van der Waals surface area (Å²) < 4.78 is 0. The van der Waals surface area contributed by atoms with E-state index in [2.05, 4.69) is 15.3 Å². The molecule has 1 aliphatic carbocycles. The number of benzene rings is 1. The number of nitroso groups, excluding NO2 is 2. The molecule has 1 heterocycles. The van der Waals surface area contributed by atoms with Gasteiger partial charge in [-0.15, -0.1) is 0 Å². The average Bonchev–Trinajstić information content (AvgIpc) is 3.25. The fraction of sp³-hybridized carbons (Fsp3) is 0.667. The van der Waals surface area contributed by atoms with Crippen LogP contribution in [0.1, 0.15) is 37.7 Å². The summed E-state index contributed by atoms with van der Waals surface area (Å²) in [7, 11) is 1.81. The Morgan fingerprint density at radius 2 is 1.83 bits per heavy atom. The van der Waals surface area contributed by atoms with Crippen LogP contribution in [0.4, 0.5) is 0 Å². The van der Waals surface area contributed by atoms with Crippen LogP contribution >= 0.6 is 23.2 Å². The van der Waals surface area contributed by atoms with Crippen molar-refractivity contribution < 1.29 is 4.79 Å². The molecule has 2 fully saturated rings. The molecule has 0 unspecified atom stereocenters. The first kappa shape index (κ1) is 23.1. The van der Waals surface area contributed by atoms with Gasteiger partial charge in [-0.1, -0.05) is 39.6 Å². The van der Waals surface area contributed by atoms with Gasteiger partial charge in [0.1, 0.15) is 0 Å². The van der Waals surface area contributed by atoms with Crippen molar-refractivity contribution in [1.82, 2.24) is 9.80 Å². The maximum absolute atomic E-state index is 13.2. The van der Waals surface area contributed by atoms with Crippen LogP contribution in [0.2, 0.25) is 10.0 Å². The Labute approximate surface area is 187 Å². The van der Waals surface area contributed by atoms with Gasteiger partial charge in [0.05, 0.1) is 29.6 Å². The molecule has 0 bridgehead atoms. The van der Waals surface area contributed by atoms with Gasteiger partial charge in [-0.05, 0) is 62.9 Å². The van der Waals surface area contributed by atoms with E-state index >= 15 is 0 Å². The van der Waals surface area contributed by atoms with Crippen LogP contribution in [0.15, 0.2) is 28.6 Å². The number of hydrogen-bond acceptors (Lipinski definition) is 6. The van der Waals surface area contributed by atoms with Gasteiger partial charge in [-0.25, -0.2) is 0 Å².